The summed E-state index contributed by atoms with van der Waals surface area (Å²) in [4.78, 5) is 22.6. The van der Waals surface area contributed by atoms with Crippen LogP contribution >= 0.6 is 0 Å². The lowest BCUT2D eigenvalue weighted by Crippen LogP contribution is -2.20. The molecule has 0 saturated carbocycles. The summed E-state index contributed by atoms with van der Waals surface area (Å²) in [5.74, 6) is 1.84. The Balaban J connectivity index is 1.90. The van der Waals surface area contributed by atoms with Gasteiger partial charge in [0.2, 0.25) is 11.8 Å². The molecule has 0 spiro atoms. The molecule has 0 radical (unpaired) electrons. The number of benzene rings is 2. The van der Waals surface area contributed by atoms with Crippen molar-refractivity contribution in [2.75, 3.05) is 34.4 Å². The summed E-state index contributed by atoms with van der Waals surface area (Å²) in [5.41, 5.74) is 1.83. The number of methoxy groups -OCH3 is 1. The summed E-state index contributed by atoms with van der Waals surface area (Å²) in [6.45, 7) is 1.35. The standard InChI is InChI=1S/C23H30N2O6/c1-24-22(26)7-9-29-15-17-5-4-6-19(11-17)31-16-18-12-20(28-3)14-21(13-18)30-10-8-23(27)25-2/h4-6,11-14H,7-10,15-16H2,1-3H3,(H,24,26)(H,25,27). The van der Waals surface area contributed by atoms with Crippen LogP contribution in [0.15, 0.2) is 42.5 Å². The average Bonchev–Trinajstić information content (AvgIpc) is 2.80. The third-order valence-corrected chi connectivity index (χ3v) is 4.38. The van der Waals surface area contributed by atoms with Crippen LogP contribution < -0.4 is 24.8 Å². The van der Waals surface area contributed by atoms with Crippen LogP contribution in [-0.2, 0) is 27.5 Å². The highest BCUT2D eigenvalue weighted by atomic mass is 16.5. The Hall–Kier alpha value is -3.26. The molecule has 0 aliphatic carbocycles. The van der Waals surface area contributed by atoms with Gasteiger partial charge in [-0.3, -0.25) is 9.59 Å². The van der Waals surface area contributed by atoms with E-state index >= 15 is 0 Å². The van der Waals surface area contributed by atoms with E-state index in [1.807, 2.05) is 36.4 Å². The predicted molar refractivity (Wildman–Crippen MR) is 116 cm³/mol. The molecule has 168 valence electrons. The zero-order valence-electron chi connectivity index (χ0n) is 18.2. The zero-order chi connectivity index (χ0) is 22.5. The number of carbonyl (C=O) groups excluding carboxylic acids is 2. The van der Waals surface area contributed by atoms with E-state index in [1.54, 1.807) is 27.3 Å². The highest BCUT2D eigenvalue weighted by molar-refractivity contribution is 5.75. The summed E-state index contributed by atoms with van der Waals surface area (Å²) in [6.07, 6.45) is 0.605. The Kier molecular flexibility index (Phi) is 10.2. The molecule has 0 aliphatic heterocycles. The van der Waals surface area contributed by atoms with Gasteiger partial charge in [0.05, 0.1) is 33.4 Å². The summed E-state index contributed by atoms with van der Waals surface area (Å²) < 4.78 is 22.5. The molecule has 0 heterocycles. The normalized spacial score (nSPS) is 10.3. The second-order valence-corrected chi connectivity index (χ2v) is 6.70. The minimum absolute atomic E-state index is 0.0487. The van der Waals surface area contributed by atoms with E-state index in [2.05, 4.69) is 10.6 Å². The fourth-order valence-corrected chi connectivity index (χ4v) is 2.67. The number of amides is 2. The van der Waals surface area contributed by atoms with Crippen molar-refractivity contribution < 1.29 is 28.5 Å². The number of rotatable bonds is 13. The van der Waals surface area contributed by atoms with Crippen molar-refractivity contribution in [3.8, 4) is 17.2 Å². The molecule has 8 heteroatoms. The topological polar surface area (TPSA) is 95.1 Å². The third kappa shape index (κ3) is 8.96. The molecule has 2 aromatic carbocycles. The van der Waals surface area contributed by atoms with Gasteiger partial charge in [-0.15, -0.1) is 0 Å². The molecular weight excluding hydrogens is 400 g/mol. The highest BCUT2D eigenvalue weighted by Gasteiger charge is 2.06. The molecule has 31 heavy (non-hydrogen) atoms. The van der Waals surface area contributed by atoms with Gasteiger partial charge in [0.15, 0.2) is 0 Å². The van der Waals surface area contributed by atoms with Crippen molar-refractivity contribution >= 4 is 11.8 Å². The zero-order valence-corrected chi connectivity index (χ0v) is 18.2. The van der Waals surface area contributed by atoms with E-state index < -0.39 is 0 Å². The van der Waals surface area contributed by atoms with Crippen LogP contribution in [0.4, 0.5) is 0 Å². The maximum absolute atomic E-state index is 11.3. The van der Waals surface area contributed by atoms with Gasteiger partial charge in [-0.25, -0.2) is 0 Å². The molecule has 2 aromatic rings. The van der Waals surface area contributed by atoms with Gasteiger partial charge in [0.1, 0.15) is 23.9 Å². The Morgan fingerprint density at radius 1 is 0.774 bits per heavy atom. The van der Waals surface area contributed by atoms with E-state index in [0.29, 0.717) is 43.5 Å². The molecule has 0 fully saturated rings. The molecule has 0 unspecified atom stereocenters. The maximum Gasteiger partial charge on any atom is 0.223 e. The van der Waals surface area contributed by atoms with Crippen molar-refractivity contribution in [1.29, 1.82) is 0 Å². The molecule has 0 saturated heterocycles. The number of carbonyl (C=O) groups is 2. The number of ether oxygens (including phenoxy) is 4. The minimum atomic E-state index is -0.0797. The Morgan fingerprint density at radius 3 is 2.16 bits per heavy atom. The Morgan fingerprint density at radius 2 is 1.45 bits per heavy atom. The smallest absolute Gasteiger partial charge is 0.223 e. The molecule has 8 nitrogen and oxygen atoms in total. The fraction of sp³-hybridized carbons (Fsp3) is 0.391. The molecular formula is C23H30N2O6. The van der Waals surface area contributed by atoms with Crippen LogP contribution in [0.5, 0.6) is 17.2 Å². The van der Waals surface area contributed by atoms with E-state index in [9.17, 15) is 9.59 Å². The number of hydrogen-bond donors (Lipinski definition) is 2. The van der Waals surface area contributed by atoms with Crippen molar-refractivity contribution in [1.82, 2.24) is 10.6 Å². The van der Waals surface area contributed by atoms with Gasteiger partial charge in [-0.2, -0.15) is 0 Å². The largest absolute Gasteiger partial charge is 0.497 e. The number of nitrogens with one attached hydrogen (secondary N) is 2. The molecule has 0 atom stereocenters. The summed E-state index contributed by atoms with van der Waals surface area (Å²) in [7, 11) is 4.78. The first kappa shape index (κ1) is 24.0. The van der Waals surface area contributed by atoms with Crippen LogP contribution in [-0.4, -0.2) is 46.2 Å². The van der Waals surface area contributed by atoms with Crippen LogP contribution in [0.2, 0.25) is 0 Å². The van der Waals surface area contributed by atoms with Crippen LogP contribution in [0.3, 0.4) is 0 Å². The van der Waals surface area contributed by atoms with Gasteiger partial charge in [-0.1, -0.05) is 12.1 Å². The fourth-order valence-electron chi connectivity index (χ4n) is 2.67. The van der Waals surface area contributed by atoms with Gasteiger partial charge in [0.25, 0.3) is 0 Å². The van der Waals surface area contributed by atoms with Crippen molar-refractivity contribution in [3.63, 3.8) is 0 Å². The summed E-state index contributed by atoms with van der Waals surface area (Å²) >= 11 is 0. The lowest BCUT2D eigenvalue weighted by atomic mass is 10.2. The van der Waals surface area contributed by atoms with Gasteiger partial charge < -0.3 is 29.6 Å². The van der Waals surface area contributed by atoms with Gasteiger partial charge in [-0.05, 0) is 35.4 Å². The van der Waals surface area contributed by atoms with Crippen molar-refractivity contribution in [2.24, 2.45) is 0 Å². The highest BCUT2D eigenvalue weighted by Crippen LogP contribution is 2.24. The second-order valence-electron chi connectivity index (χ2n) is 6.70. The maximum atomic E-state index is 11.3. The second kappa shape index (κ2) is 13.1. The lowest BCUT2D eigenvalue weighted by Gasteiger charge is -2.12. The quantitative estimate of drug-likeness (QED) is 0.474. The molecule has 2 rings (SSSR count). The van der Waals surface area contributed by atoms with Crippen molar-refractivity contribution in [2.45, 2.75) is 26.1 Å². The SMILES string of the molecule is CNC(=O)CCOCc1cccc(OCc2cc(OC)cc(OCCC(=O)NC)c2)c1. The first-order valence-electron chi connectivity index (χ1n) is 10.1. The molecule has 0 aliphatic rings. The molecule has 2 amide bonds. The van der Waals surface area contributed by atoms with Crippen molar-refractivity contribution in [3.05, 3.63) is 53.6 Å². The number of hydrogen-bond acceptors (Lipinski definition) is 6. The lowest BCUT2D eigenvalue weighted by molar-refractivity contribution is -0.122. The van der Waals surface area contributed by atoms with Gasteiger partial charge in [0, 0.05) is 26.6 Å². The van der Waals surface area contributed by atoms with Crippen LogP contribution in [0.25, 0.3) is 0 Å². The third-order valence-electron chi connectivity index (χ3n) is 4.38. The van der Waals surface area contributed by atoms with E-state index in [-0.39, 0.29) is 24.8 Å². The van der Waals surface area contributed by atoms with Crippen LogP contribution in [0, 0.1) is 0 Å². The van der Waals surface area contributed by atoms with E-state index in [4.69, 9.17) is 18.9 Å². The average molecular weight is 431 g/mol. The van der Waals surface area contributed by atoms with E-state index in [0.717, 1.165) is 11.1 Å². The summed E-state index contributed by atoms with van der Waals surface area (Å²) in [6, 6.07) is 13.1. The van der Waals surface area contributed by atoms with E-state index in [1.165, 1.54) is 0 Å². The monoisotopic (exact) mass is 430 g/mol. The van der Waals surface area contributed by atoms with Gasteiger partial charge >= 0.3 is 0 Å². The Labute approximate surface area is 182 Å². The Bertz CT molecular complexity index is 856. The molecule has 0 bridgehead atoms. The van der Waals surface area contributed by atoms with Crippen LogP contribution in [0.1, 0.15) is 24.0 Å². The predicted octanol–water partition coefficient (Wildman–Crippen LogP) is 2.44. The molecule has 0 aromatic heterocycles. The molecule has 2 N–H and O–H groups in total. The summed E-state index contributed by atoms with van der Waals surface area (Å²) in [5, 5.41) is 5.12. The minimum Gasteiger partial charge on any atom is -0.497 e. The first-order valence-corrected chi connectivity index (χ1v) is 10.1. The first-order chi connectivity index (χ1) is 15.0.